The number of ether oxygens (including phenoxy) is 1. The van der Waals surface area contributed by atoms with Crippen molar-refractivity contribution in [2.45, 2.75) is 25.9 Å². The lowest BCUT2D eigenvalue weighted by atomic mass is 10.1. The van der Waals surface area contributed by atoms with Crippen molar-refractivity contribution >= 4 is 0 Å². The molecule has 0 amide bonds. The molecule has 1 atom stereocenters. The van der Waals surface area contributed by atoms with Crippen molar-refractivity contribution < 1.29 is 9.84 Å². The predicted octanol–water partition coefficient (Wildman–Crippen LogP) is 2.46. The Morgan fingerprint density at radius 2 is 2.18 bits per heavy atom. The monoisotopic (exact) mass is 237 g/mol. The number of unbranched alkanes of at least 4 members (excludes halogenated alkanes) is 1. The number of likely N-dealkylation sites (N-methyl/N-ethyl adjacent to an activating group) is 1. The third kappa shape index (κ3) is 4.75. The molecule has 1 rings (SSSR count). The molecule has 96 valence electrons. The third-order valence-corrected chi connectivity index (χ3v) is 2.86. The van der Waals surface area contributed by atoms with Crippen molar-refractivity contribution in [1.29, 1.82) is 0 Å². The normalized spacial score (nSPS) is 12.8. The van der Waals surface area contributed by atoms with Crippen LogP contribution >= 0.6 is 0 Å². The van der Waals surface area contributed by atoms with Crippen LogP contribution in [0.5, 0.6) is 5.75 Å². The van der Waals surface area contributed by atoms with Crippen LogP contribution in [-0.4, -0.2) is 37.3 Å². The maximum atomic E-state index is 10.1. The Hall–Kier alpha value is -1.06. The Labute approximate surface area is 104 Å². The average Bonchev–Trinajstić information content (AvgIpc) is 2.36. The van der Waals surface area contributed by atoms with E-state index in [2.05, 4.69) is 11.8 Å². The molecule has 0 bridgehead atoms. The van der Waals surface area contributed by atoms with Gasteiger partial charge in [-0.05, 0) is 37.7 Å². The maximum Gasteiger partial charge on any atom is 0.119 e. The van der Waals surface area contributed by atoms with Crippen LogP contribution in [-0.2, 0) is 0 Å². The molecule has 0 spiro atoms. The minimum Gasteiger partial charge on any atom is -0.497 e. The first-order chi connectivity index (χ1) is 8.17. The SMILES string of the molecule is CCCCN(C)CC(O)c1cccc(OC)c1. The van der Waals surface area contributed by atoms with E-state index in [9.17, 15) is 5.11 Å². The van der Waals surface area contributed by atoms with Crippen LogP contribution in [0.3, 0.4) is 0 Å². The number of rotatable bonds is 7. The molecule has 1 N–H and O–H groups in total. The highest BCUT2D eigenvalue weighted by Gasteiger charge is 2.10. The van der Waals surface area contributed by atoms with Gasteiger partial charge in [-0.25, -0.2) is 0 Å². The van der Waals surface area contributed by atoms with Gasteiger partial charge in [-0.15, -0.1) is 0 Å². The van der Waals surface area contributed by atoms with Crippen molar-refractivity contribution in [3.05, 3.63) is 29.8 Å². The zero-order valence-electron chi connectivity index (χ0n) is 11.0. The summed E-state index contributed by atoms with van der Waals surface area (Å²) < 4.78 is 5.15. The van der Waals surface area contributed by atoms with E-state index in [1.807, 2.05) is 31.3 Å². The van der Waals surface area contributed by atoms with Crippen molar-refractivity contribution in [2.24, 2.45) is 0 Å². The highest BCUT2D eigenvalue weighted by molar-refractivity contribution is 5.29. The fourth-order valence-electron chi connectivity index (χ4n) is 1.77. The van der Waals surface area contributed by atoms with Crippen LogP contribution in [0.15, 0.2) is 24.3 Å². The lowest BCUT2D eigenvalue weighted by molar-refractivity contribution is 0.126. The Balaban J connectivity index is 2.53. The van der Waals surface area contributed by atoms with Crippen molar-refractivity contribution in [2.75, 3.05) is 27.2 Å². The van der Waals surface area contributed by atoms with Gasteiger partial charge in [0.1, 0.15) is 5.75 Å². The Morgan fingerprint density at radius 1 is 1.41 bits per heavy atom. The standard InChI is InChI=1S/C14H23NO2/c1-4-5-9-15(2)11-14(16)12-7-6-8-13(10-12)17-3/h6-8,10,14,16H,4-5,9,11H2,1-3H3. The minimum absolute atomic E-state index is 0.452. The molecule has 0 aliphatic rings. The van der Waals surface area contributed by atoms with Crippen LogP contribution < -0.4 is 4.74 Å². The second-order valence-corrected chi connectivity index (χ2v) is 4.41. The van der Waals surface area contributed by atoms with E-state index >= 15 is 0 Å². The number of aliphatic hydroxyl groups is 1. The van der Waals surface area contributed by atoms with Gasteiger partial charge in [-0.3, -0.25) is 0 Å². The summed E-state index contributed by atoms with van der Waals surface area (Å²) in [6.07, 6.45) is 1.90. The largest absolute Gasteiger partial charge is 0.497 e. The van der Waals surface area contributed by atoms with E-state index in [1.165, 1.54) is 12.8 Å². The number of benzene rings is 1. The molecule has 0 saturated heterocycles. The van der Waals surface area contributed by atoms with E-state index < -0.39 is 6.10 Å². The smallest absolute Gasteiger partial charge is 0.119 e. The Morgan fingerprint density at radius 3 is 2.82 bits per heavy atom. The molecular formula is C14H23NO2. The lowest BCUT2D eigenvalue weighted by Crippen LogP contribution is -2.25. The molecule has 17 heavy (non-hydrogen) atoms. The third-order valence-electron chi connectivity index (χ3n) is 2.86. The molecule has 3 nitrogen and oxygen atoms in total. The first-order valence-corrected chi connectivity index (χ1v) is 6.18. The van der Waals surface area contributed by atoms with Gasteiger partial charge in [-0.1, -0.05) is 25.5 Å². The summed E-state index contributed by atoms with van der Waals surface area (Å²) in [6.45, 7) is 3.86. The fraction of sp³-hybridized carbons (Fsp3) is 0.571. The van der Waals surface area contributed by atoms with Crippen molar-refractivity contribution in [3.8, 4) is 5.75 Å². The summed E-state index contributed by atoms with van der Waals surface area (Å²) in [5.41, 5.74) is 0.910. The van der Waals surface area contributed by atoms with Crippen molar-refractivity contribution in [1.82, 2.24) is 4.90 Å². The number of methoxy groups -OCH3 is 1. The van der Waals surface area contributed by atoms with Gasteiger partial charge in [0.15, 0.2) is 0 Å². The topological polar surface area (TPSA) is 32.7 Å². The summed E-state index contributed by atoms with van der Waals surface area (Å²) in [6, 6.07) is 7.61. The summed E-state index contributed by atoms with van der Waals surface area (Å²) >= 11 is 0. The first-order valence-electron chi connectivity index (χ1n) is 6.18. The summed E-state index contributed by atoms with van der Waals surface area (Å²) in [5.74, 6) is 0.790. The number of hydrogen-bond acceptors (Lipinski definition) is 3. The van der Waals surface area contributed by atoms with Gasteiger partial charge >= 0.3 is 0 Å². The zero-order valence-corrected chi connectivity index (χ0v) is 11.0. The molecule has 1 aromatic carbocycles. The molecule has 1 unspecified atom stereocenters. The second kappa shape index (κ2) is 7.30. The number of nitrogens with zero attached hydrogens (tertiary/aromatic N) is 1. The van der Waals surface area contributed by atoms with E-state index in [4.69, 9.17) is 4.74 Å². The molecule has 0 aliphatic heterocycles. The van der Waals surface area contributed by atoms with E-state index in [-0.39, 0.29) is 0 Å². The summed E-state index contributed by atoms with van der Waals surface area (Å²) in [4.78, 5) is 2.16. The molecule has 3 heteroatoms. The molecule has 0 aromatic heterocycles. The highest BCUT2D eigenvalue weighted by Crippen LogP contribution is 2.19. The van der Waals surface area contributed by atoms with Gasteiger partial charge in [0.25, 0.3) is 0 Å². The fourth-order valence-corrected chi connectivity index (χ4v) is 1.77. The molecule has 0 heterocycles. The van der Waals surface area contributed by atoms with Crippen LogP contribution in [0, 0.1) is 0 Å². The number of hydrogen-bond donors (Lipinski definition) is 1. The van der Waals surface area contributed by atoms with Crippen molar-refractivity contribution in [3.63, 3.8) is 0 Å². The average molecular weight is 237 g/mol. The molecule has 0 saturated carbocycles. The molecule has 0 fully saturated rings. The molecule has 0 radical (unpaired) electrons. The van der Waals surface area contributed by atoms with Gasteiger partial charge in [-0.2, -0.15) is 0 Å². The van der Waals surface area contributed by atoms with Gasteiger partial charge in [0, 0.05) is 6.54 Å². The first kappa shape index (κ1) is 14.0. The zero-order chi connectivity index (χ0) is 12.7. The predicted molar refractivity (Wildman–Crippen MR) is 70.4 cm³/mol. The second-order valence-electron chi connectivity index (χ2n) is 4.41. The van der Waals surface area contributed by atoms with E-state index in [1.54, 1.807) is 7.11 Å². The number of aliphatic hydroxyl groups excluding tert-OH is 1. The van der Waals surface area contributed by atoms with E-state index in [0.717, 1.165) is 17.9 Å². The minimum atomic E-state index is -0.452. The molecule has 1 aromatic rings. The van der Waals surface area contributed by atoms with E-state index in [0.29, 0.717) is 6.54 Å². The van der Waals surface area contributed by atoms with Crippen LogP contribution in [0.1, 0.15) is 31.4 Å². The van der Waals surface area contributed by atoms with Crippen LogP contribution in [0.4, 0.5) is 0 Å². The summed E-state index contributed by atoms with van der Waals surface area (Å²) in [5, 5.41) is 10.1. The van der Waals surface area contributed by atoms with Crippen LogP contribution in [0.25, 0.3) is 0 Å². The lowest BCUT2D eigenvalue weighted by Gasteiger charge is -2.20. The van der Waals surface area contributed by atoms with Crippen LogP contribution in [0.2, 0.25) is 0 Å². The van der Waals surface area contributed by atoms with Gasteiger partial charge in [0.05, 0.1) is 13.2 Å². The van der Waals surface area contributed by atoms with Gasteiger partial charge < -0.3 is 14.7 Å². The quantitative estimate of drug-likeness (QED) is 0.790. The molecule has 0 aliphatic carbocycles. The molecular weight excluding hydrogens is 214 g/mol. The maximum absolute atomic E-state index is 10.1. The van der Waals surface area contributed by atoms with Gasteiger partial charge in [0.2, 0.25) is 0 Å². The Bertz CT molecular complexity index is 328. The highest BCUT2D eigenvalue weighted by atomic mass is 16.5. The summed E-state index contributed by atoms with van der Waals surface area (Å²) in [7, 11) is 3.68. The Kier molecular flexibility index (Phi) is 6.01.